The van der Waals surface area contributed by atoms with E-state index in [0.717, 1.165) is 29.7 Å². The van der Waals surface area contributed by atoms with Crippen LogP contribution in [0.3, 0.4) is 0 Å². The Morgan fingerprint density at radius 2 is 1.76 bits per heavy atom. The first-order chi connectivity index (χ1) is 16.6. The molecule has 0 radical (unpaired) electrons. The van der Waals surface area contributed by atoms with Gasteiger partial charge in [0.2, 0.25) is 0 Å². The molecular weight excluding hydrogens is 431 g/mol. The first kappa shape index (κ1) is 21.8. The van der Waals surface area contributed by atoms with Gasteiger partial charge in [0, 0.05) is 37.3 Å². The third-order valence-electron chi connectivity index (χ3n) is 6.25. The lowest BCUT2D eigenvalue weighted by molar-refractivity contribution is 0.0703. The van der Waals surface area contributed by atoms with Crippen molar-refractivity contribution in [2.24, 2.45) is 0 Å². The molecule has 172 valence electrons. The van der Waals surface area contributed by atoms with Crippen molar-refractivity contribution in [2.75, 3.05) is 13.1 Å². The van der Waals surface area contributed by atoms with E-state index in [9.17, 15) is 14.0 Å². The van der Waals surface area contributed by atoms with Gasteiger partial charge in [0.1, 0.15) is 11.6 Å². The second-order valence-corrected chi connectivity index (χ2v) is 8.54. The summed E-state index contributed by atoms with van der Waals surface area (Å²) in [5, 5.41) is 2.89. The predicted molar refractivity (Wildman–Crippen MR) is 127 cm³/mol. The number of imidazole rings is 1. The maximum Gasteiger partial charge on any atom is 0.272 e. The first-order valence-corrected chi connectivity index (χ1v) is 11.4. The lowest BCUT2D eigenvalue weighted by Crippen LogP contribution is -2.39. The highest BCUT2D eigenvalue weighted by Gasteiger charge is 2.29. The lowest BCUT2D eigenvalue weighted by atomic mass is 9.96. The molecule has 6 nitrogen and oxygen atoms in total. The van der Waals surface area contributed by atoms with Gasteiger partial charge in [0.05, 0.1) is 5.52 Å². The zero-order valence-electron chi connectivity index (χ0n) is 18.7. The minimum Gasteiger partial charge on any atom is -0.347 e. The zero-order chi connectivity index (χ0) is 23.5. The quantitative estimate of drug-likeness (QED) is 0.483. The summed E-state index contributed by atoms with van der Waals surface area (Å²) in [6, 6.07) is 21.0. The molecule has 0 spiro atoms. The van der Waals surface area contributed by atoms with E-state index >= 15 is 0 Å². The van der Waals surface area contributed by atoms with Crippen molar-refractivity contribution in [3.8, 4) is 0 Å². The molecule has 1 saturated heterocycles. The number of nitrogens with one attached hydrogen (secondary N) is 1. The highest BCUT2D eigenvalue weighted by atomic mass is 19.1. The summed E-state index contributed by atoms with van der Waals surface area (Å²) in [4.78, 5) is 32.7. The van der Waals surface area contributed by atoms with Crippen molar-refractivity contribution in [3.05, 3.63) is 107 Å². The third-order valence-corrected chi connectivity index (χ3v) is 6.25. The number of piperidine rings is 1. The largest absolute Gasteiger partial charge is 0.347 e. The number of amides is 2. The number of benzene rings is 2. The van der Waals surface area contributed by atoms with Crippen LogP contribution in [0.2, 0.25) is 0 Å². The van der Waals surface area contributed by atoms with Crippen LogP contribution in [0.4, 0.5) is 4.39 Å². The van der Waals surface area contributed by atoms with Crippen molar-refractivity contribution >= 4 is 17.3 Å². The molecule has 0 aliphatic carbocycles. The van der Waals surface area contributed by atoms with Crippen LogP contribution in [0.1, 0.15) is 51.0 Å². The summed E-state index contributed by atoms with van der Waals surface area (Å²) in [6.45, 7) is 1.54. The Bertz CT molecular complexity index is 1320. The van der Waals surface area contributed by atoms with Gasteiger partial charge in [-0.15, -0.1) is 0 Å². The number of halogens is 1. The number of nitrogens with zero attached hydrogens (tertiary/aromatic N) is 3. The molecule has 0 unspecified atom stereocenters. The summed E-state index contributed by atoms with van der Waals surface area (Å²) in [7, 11) is 0. The smallest absolute Gasteiger partial charge is 0.272 e. The van der Waals surface area contributed by atoms with Crippen LogP contribution in [0.15, 0.2) is 79.0 Å². The Morgan fingerprint density at radius 3 is 2.56 bits per heavy atom. The van der Waals surface area contributed by atoms with E-state index in [1.165, 1.54) is 12.1 Å². The average molecular weight is 457 g/mol. The van der Waals surface area contributed by atoms with E-state index in [-0.39, 0.29) is 30.1 Å². The Hall–Kier alpha value is -4.00. The van der Waals surface area contributed by atoms with Gasteiger partial charge in [-0.3, -0.25) is 9.59 Å². The van der Waals surface area contributed by atoms with E-state index in [1.807, 2.05) is 64.0 Å². The molecular formula is C27H25FN4O2. The predicted octanol–water partition coefficient (Wildman–Crippen LogP) is 4.42. The molecule has 7 heteroatoms. The van der Waals surface area contributed by atoms with Crippen LogP contribution in [0, 0.1) is 5.82 Å². The summed E-state index contributed by atoms with van der Waals surface area (Å²) < 4.78 is 15.1. The Morgan fingerprint density at radius 1 is 1.00 bits per heavy atom. The molecule has 0 bridgehead atoms. The maximum atomic E-state index is 13.2. The monoisotopic (exact) mass is 456 g/mol. The molecule has 1 fully saturated rings. The lowest BCUT2D eigenvalue weighted by Gasteiger charge is -2.32. The number of hydrogen-bond acceptors (Lipinski definition) is 3. The van der Waals surface area contributed by atoms with Crippen LogP contribution in [0.25, 0.3) is 5.52 Å². The molecule has 34 heavy (non-hydrogen) atoms. The number of carbonyl (C=O) groups is 2. The Kier molecular flexibility index (Phi) is 6.08. The second kappa shape index (κ2) is 9.47. The topological polar surface area (TPSA) is 66.7 Å². The number of likely N-dealkylation sites (tertiary alicyclic amines) is 1. The summed E-state index contributed by atoms with van der Waals surface area (Å²) in [5.41, 5.74) is 2.56. The van der Waals surface area contributed by atoms with Gasteiger partial charge in [-0.25, -0.2) is 9.37 Å². The number of fused-ring (bicyclic) bond motifs is 1. The van der Waals surface area contributed by atoms with Gasteiger partial charge < -0.3 is 14.6 Å². The van der Waals surface area contributed by atoms with E-state index < -0.39 is 0 Å². The summed E-state index contributed by atoms with van der Waals surface area (Å²) >= 11 is 0. The molecule has 0 saturated carbocycles. The fourth-order valence-corrected chi connectivity index (χ4v) is 4.52. The highest BCUT2D eigenvalue weighted by Crippen LogP contribution is 2.29. The maximum absolute atomic E-state index is 13.2. The van der Waals surface area contributed by atoms with E-state index in [4.69, 9.17) is 4.98 Å². The first-order valence-electron chi connectivity index (χ1n) is 11.4. The van der Waals surface area contributed by atoms with Crippen LogP contribution in [-0.4, -0.2) is 39.2 Å². The van der Waals surface area contributed by atoms with Gasteiger partial charge in [-0.1, -0.05) is 36.4 Å². The minimum atomic E-state index is -0.313. The SMILES string of the molecule is O=C(NCc1ccc(F)cc1)c1nc([C@H]2CCCN(C(=O)c3ccccc3)C2)n2ccccc12. The fraction of sp³-hybridized carbons (Fsp3) is 0.222. The molecule has 1 aliphatic heterocycles. The van der Waals surface area contributed by atoms with Gasteiger partial charge in [-0.05, 0) is 54.8 Å². The van der Waals surface area contributed by atoms with Crippen molar-refractivity contribution in [1.29, 1.82) is 0 Å². The molecule has 1 atom stereocenters. The highest BCUT2D eigenvalue weighted by molar-refractivity contribution is 5.99. The molecule has 5 rings (SSSR count). The molecule has 1 N–H and O–H groups in total. The van der Waals surface area contributed by atoms with Gasteiger partial charge >= 0.3 is 0 Å². The molecule has 2 aromatic heterocycles. The van der Waals surface area contributed by atoms with E-state index in [1.54, 1.807) is 12.1 Å². The van der Waals surface area contributed by atoms with Crippen molar-refractivity contribution in [1.82, 2.24) is 19.6 Å². The van der Waals surface area contributed by atoms with Crippen LogP contribution in [-0.2, 0) is 6.54 Å². The zero-order valence-corrected chi connectivity index (χ0v) is 18.7. The van der Waals surface area contributed by atoms with E-state index in [0.29, 0.717) is 24.3 Å². The van der Waals surface area contributed by atoms with Gasteiger partial charge in [0.15, 0.2) is 5.69 Å². The van der Waals surface area contributed by atoms with Gasteiger partial charge in [0.25, 0.3) is 11.8 Å². The number of rotatable bonds is 5. The van der Waals surface area contributed by atoms with Crippen LogP contribution < -0.4 is 5.32 Å². The minimum absolute atomic E-state index is 0.0171. The number of aromatic nitrogens is 2. The third kappa shape index (κ3) is 4.41. The van der Waals surface area contributed by atoms with Crippen LogP contribution >= 0.6 is 0 Å². The number of hydrogen-bond donors (Lipinski definition) is 1. The molecule has 3 heterocycles. The van der Waals surface area contributed by atoms with Gasteiger partial charge in [-0.2, -0.15) is 0 Å². The van der Waals surface area contributed by atoms with Crippen LogP contribution in [0.5, 0.6) is 0 Å². The molecule has 1 aliphatic rings. The number of carbonyl (C=O) groups excluding carboxylic acids is 2. The molecule has 2 amide bonds. The second-order valence-electron chi connectivity index (χ2n) is 8.54. The fourth-order valence-electron chi connectivity index (χ4n) is 4.52. The Labute approximate surface area is 197 Å². The normalized spacial score (nSPS) is 15.9. The molecule has 2 aromatic carbocycles. The van der Waals surface area contributed by atoms with E-state index in [2.05, 4.69) is 5.32 Å². The average Bonchev–Trinajstić information content (AvgIpc) is 3.28. The summed E-state index contributed by atoms with van der Waals surface area (Å²) in [6.07, 6.45) is 3.67. The van der Waals surface area contributed by atoms with Crippen molar-refractivity contribution in [3.63, 3.8) is 0 Å². The van der Waals surface area contributed by atoms with Crippen molar-refractivity contribution in [2.45, 2.75) is 25.3 Å². The number of pyridine rings is 1. The Balaban J connectivity index is 1.38. The summed E-state index contributed by atoms with van der Waals surface area (Å²) in [5.74, 6) is 0.228. The van der Waals surface area contributed by atoms with Crippen molar-refractivity contribution < 1.29 is 14.0 Å². The standard InChI is InChI=1S/C27H25FN4O2/c28-22-13-11-19(12-14-22)17-29-26(33)24-23-10-4-5-16-32(23)25(30-24)21-9-6-15-31(18-21)27(34)20-7-2-1-3-8-20/h1-5,7-8,10-14,16,21H,6,9,15,17-18H2,(H,29,33)/t21-/m0/s1. The molecule has 4 aromatic rings.